The van der Waals surface area contributed by atoms with Crippen molar-refractivity contribution in [3.05, 3.63) is 66.1 Å². The first-order valence-corrected chi connectivity index (χ1v) is 8.92. The third-order valence-electron chi connectivity index (χ3n) is 5.40. The predicted octanol–water partition coefficient (Wildman–Crippen LogP) is 3.09. The van der Waals surface area contributed by atoms with E-state index >= 15 is 0 Å². The molecule has 2 aromatic rings. The molecule has 1 spiro atoms. The van der Waals surface area contributed by atoms with E-state index in [-0.39, 0.29) is 12.0 Å². The molecular weight excluding hydrogens is 330 g/mol. The molecule has 2 saturated heterocycles. The van der Waals surface area contributed by atoms with E-state index in [4.69, 9.17) is 13.9 Å². The second-order valence-corrected chi connectivity index (χ2v) is 6.98. The van der Waals surface area contributed by atoms with Crippen LogP contribution in [0.25, 0.3) is 6.08 Å². The summed E-state index contributed by atoms with van der Waals surface area (Å²) in [6.45, 7) is 1.75. The number of hydrogen-bond donors (Lipinski definition) is 0. The summed E-state index contributed by atoms with van der Waals surface area (Å²) in [6, 6.07) is 14.0. The summed E-state index contributed by atoms with van der Waals surface area (Å²) in [5.74, 6) is 0.950. The minimum Gasteiger partial charge on any atom is -0.465 e. The molecule has 0 saturated carbocycles. The van der Waals surface area contributed by atoms with E-state index in [0.717, 1.165) is 6.42 Å². The number of hydrogen-bond acceptors (Lipinski definition) is 4. The zero-order chi connectivity index (χ0) is 18.0. The molecule has 0 N–H and O–H groups in total. The third-order valence-corrected chi connectivity index (χ3v) is 5.40. The molecular formula is C21H23NO4. The van der Waals surface area contributed by atoms with Gasteiger partial charge in [0, 0.05) is 19.1 Å². The number of carbonyl (C=O) groups excluding carboxylic acids is 1. The van der Waals surface area contributed by atoms with Gasteiger partial charge >= 0.3 is 0 Å². The van der Waals surface area contributed by atoms with Gasteiger partial charge in [0.25, 0.3) is 0 Å². The quantitative estimate of drug-likeness (QED) is 0.793. The number of rotatable bonds is 4. The summed E-state index contributed by atoms with van der Waals surface area (Å²) < 4.78 is 17.2. The lowest BCUT2D eigenvalue weighted by atomic mass is 9.87. The molecule has 1 aromatic heterocycles. The highest BCUT2D eigenvalue weighted by Crippen LogP contribution is 2.43. The van der Waals surface area contributed by atoms with E-state index in [1.165, 1.54) is 5.56 Å². The Morgan fingerprint density at radius 2 is 2.12 bits per heavy atom. The topological polar surface area (TPSA) is 51.9 Å². The van der Waals surface area contributed by atoms with Gasteiger partial charge in [-0.25, -0.2) is 0 Å². The maximum absolute atomic E-state index is 12.6. The van der Waals surface area contributed by atoms with Crippen molar-refractivity contribution in [2.45, 2.75) is 24.0 Å². The Morgan fingerprint density at radius 1 is 1.27 bits per heavy atom. The van der Waals surface area contributed by atoms with Crippen LogP contribution in [0.3, 0.4) is 0 Å². The van der Waals surface area contributed by atoms with E-state index < -0.39 is 5.60 Å². The lowest BCUT2D eigenvalue weighted by Crippen LogP contribution is -2.42. The molecule has 26 heavy (non-hydrogen) atoms. The molecule has 5 heteroatoms. The van der Waals surface area contributed by atoms with Crippen molar-refractivity contribution in [3.8, 4) is 0 Å². The average molecular weight is 353 g/mol. The molecule has 2 aliphatic rings. The molecule has 3 atom stereocenters. The Bertz CT molecular complexity index is 771. The summed E-state index contributed by atoms with van der Waals surface area (Å²) >= 11 is 0. The number of likely N-dealkylation sites (tertiary alicyclic amines) is 1. The van der Waals surface area contributed by atoms with E-state index in [2.05, 4.69) is 24.3 Å². The van der Waals surface area contributed by atoms with Gasteiger partial charge in [-0.2, -0.15) is 0 Å². The van der Waals surface area contributed by atoms with Crippen molar-refractivity contribution in [1.82, 2.24) is 4.90 Å². The number of methoxy groups -OCH3 is 1. The first-order valence-electron chi connectivity index (χ1n) is 8.92. The van der Waals surface area contributed by atoms with Crippen LogP contribution in [0.4, 0.5) is 0 Å². The van der Waals surface area contributed by atoms with Gasteiger partial charge in [-0.3, -0.25) is 4.79 Å². The molecule has 5 nitrogen and oxygen atoms in total. The van der Waals surface area contributed by atoms with Crippen LogP contribution >= 0.6 is 0 Å². The van der Waals surface area contributed by atoms with Crippen LogP contribution in [-0.4, -0.2) is 49.3 Å². The zero-order valence-electron chi connectivity index (χ0n) is 14.8. The van der Waals surface area contributed by atoms with Crippen LogP contribution in [0.5, 0.6) is 0 Å². The molecule has 0 bridgehead atoms. The van der Waals surface area contributed by atoms with Gasteiger partial charge in [-0.15, -0.1) is 0 Å². The van der Waals surface area contributed by atoms with Gasteiger partial charge in [0.15, 0.2) is 0 Å². The summed E-state index contributed by atoms with van der Waals surface area (Å²) in [5, 5.41) is 0. The van der Waals surface area contributed by atoms with Crippen molar-refractivity contribution in [3.63, 3.8) is 0 Å². The normalized spacial score (nSPS) is 28.4. The lowest BCUT2D eigenvalue weighted by molar-refractivity contribution is -0.126. The smallest absolute Gasteiger partial charge is 0.246 e. The molecule has 2 fully saturated rings. The SMILES string of the molecule is CO[C@@H]1CN(C(=O)C=Cc2ccco2)C[C@]12C[C@@H](c1ccccc1)CO2. The zero-order valence-corrected chi connectivity index (χ0v) is 14.8. The maximum atomic E-state index is 12.6. The monoisotopic (exact) mass is 353 g/mol. The summed E-state index contributed by atoms with van der Waals surface area (Å²) in [5.41, 5.74) is 0.852. The predicted molar refractivity (Wildman–Crippen MR) is 97.6 cm³/mol. The van der Waals surface area contributed by atoms with Crippen molar-refractivity contribution in [2.24, 2.45) is 0 Å². The number of furan rings is 1. The van der Waals surface area contributed by atoms with Crippen molar-refractivity contribution in [2.75, 3.05) is 26.8 Å². The second kappa shape index (κ2) is 7.09. The molecule has 4 rings (SSSR count). The van der Waals surface area contributed by atoms with Crippen LogP contribution < -0.4 is 0 Å². The third kappa shape index (κ3) is 3.20. The fourth-order valence-electron chi connectivity index (χ4n) is 4.03. The van der Waals surface area contributed by atoms with Crippen LogP contribution in [0.1, 0.15) is 23.7 Å². The Balaban J connectivity index is 1.47. The van der Waals surface area contributed by atoms with Crippen LogP contribution in [0, 0.1) is 0 Å². The van der Waals surface area contributed by atoms with Gasteiger partial charge in [-0.05, 0) is 30.2 Å². The Labute approximate surface area is 153 Å². The van der Waals surface area contributed by atoms with Crippen molar-refractivity contribution < 1.29 is 18.7 Å². The van der Waals surface area contributed by atoms with Crippen LogP contribution in [-0.2, 0) is 14.3 Å². The van der Waals surface area contributed by atoms with Gasteiger partial charge in [-0.1, -0.05) is 30.3 Å². The number of benzene rings is 1. The molecule has 0 unspecified atom stereocenters. The summed E-state index contributed by atoms with van der Waals surface area (Å²) in [6.07, 6.45) is 5.58. The first-order chi connectivity index (χ1) is 12.7. The standard InChI is InChI=1S/C21H23NO4/c1-24-19-13-22(20(23)10-9-18-8-5-11-25-18)15-21(19)12-17(14-26-21)16-6-3-2-4-7-16/h2-11,17,19H,12-15H2,1H3/t17-,19-,21-/m1/s1. The van der Waals surface area contributed by atoms with Crippen LogP contribution in [0.15, 0.2) is 59.2 Å². The molecule has 0 radical (unpaired) electrons. The van der Waals surface area contributed by atoms with E-state index in [0.29, 0.717) is 31.4 Å². The minimum absolute atomic E-state index is 0.0490. The number of ether oxygens (including phenoxy) is 2. The van der Waals surface area contributed by atoms with Gasteiger partial charge < -0.3 is 18.8 Å². The molecule has 0 aliphatic carbocycles. The average Bonchev–Trinajstić information content (AvgIpc) is 3.41. The van der Waals surface area contributed by atoms with Crippen molar-refractivity contribution in [1.29, 1.82) is 0 Å². The maximum Gasteiger partial charge on any atom is 0.246 e. The second-order valence-electron chi connectivity index (χ2n) is 6.98. The van der Waals surface area contributed by atoms with Gasteiger partial charge in [0.1, 0.15) is 17.5 Å². The first kappa shape index (κ1) is 17.1. The number of carbonyl (C=O) groups is 1. The molecule has 1 aromatic carbocycles. The van der Waals surface area contributed by atoms with E-state index in [1.807, 2.05) is 12.1 Å². The van der Waals surface area contributed by atoms with E-state index in [9.17, 15) is 4.79 Å². The number of nitrogens with zero attached hydrogens (tertiary/aromatic N) is 1. The Kier molecular flexibility index (Phi) is 4.66. The summed E-state index contributed by atoms with van der Waals surface area (Å²) in [7, 11) is 1.69. The fraction of sp³-hybridized carbons (Fsp3) is 0.381. The molecule has 136 valence electrons. The number of amides is 1. The molecule has 2 aliphatic heterocycles. The molecule has 1 amide bonds. The lowest BCUT2D eigenvalue weighted by Gasteiger charge is -2.28. The summed E-state index contributed by atoms with van der Waals surface area (Å²) in [4.78, 5) is 14.4. The highest BCUT2D eigenvalue weighted by Gasteiger charge is 2.53. The Hall–Kier alpha value is -2.37. The van der Waals surface area contributed by atoms with Crippen molar-refractivity contribution >= 4 is 12.0 Å². The Morgan fingerprint density at radius 3 is 2.85 bits per heavy atom. The largest absolute Gasteiger partial charge is 0.465 e. The highest BCUT2D eigenvalue weighted by atomic mass is 16.6. The van der Waals surface area contributed by atoms with Gasteiger partial charge in [0.05, 0.1) is 26.0 Å². The van der Waals surface area contributed by atoms with E-state index in [1.54, 1.807) is 36.5 Å². The fourth-order valence-corrected chi connectivity index (χ4v) is 4.03. The van der Waals surface area contributed by atoms with Gasteiger partial charge in [0.2, 0.25) is 5.91 Å². The highest BCUT2D eigenvalue weighted by molar-refractivity contribution is 5.91. The molecule has 3 heterocycles. The van der Waals surface area contributed by atoms with Crippen LogP contribution in [0.2, 0.25) is 0 Å². The minimum atomic E-state index is -0.427.